The molecule has 0 radical (unpaired) electrons. The Labute approximate surface area is 102 Å². The molecule has 2 N–H and O–H groups in total. The van der Waals surface area contributed by atoms with Crippen molar-refractivity contribution in [2.45, 2.75) is 0 Å². The van der Waals surface area contributed by atoms with Gasteiger partial charge in [0.2, 0.25) is 5.82 Å². The summed E-state index contributed by atoms with van der Waals surface area (Å²) in [5.41, 5.74) is 6.31. The van der Waals surface area contributed by atoms with Crippen LogP contribution in [0.25, 0.3) is 11.5 Å². The SMILES string of the molecule is NC(=S)c1ncn(-c2cccc3nccn23)n1. The Morgan fingerprint density at radius 1 is 1.29 bits per heavy atom. The zero-order valence-electron chi connectivity index (χ0n) is 8.69. The Hall–Kier alpha value is -2.28. The van der Waals surface area contributed by atoms with Crippen LogP contribution in [0, 0.1) is 0 Å². The molecule has 0 aliphatic rings. The molecule has 0 unspecified atom stereocenters. The number of aromatic nitrogens is 5. The number of hydrogen-bond acceptors (Lipinski definition) is 4. The Bertz CT molecular complexity index is 697. The average molecular weight is 244 g/mol. The van der Waals surface area contributed by atoms with Gasteiger partial charge < -0.3 is 5.73 Å². The van der Waals surface area contributed by atoms with E-state index in [-0.39, 0.29) is 4.99 Å². The molecule has 0 aliphatic heterocycles. The molecule has 84 valence electrons. The smallest absolute Gasteiger partial charge is 0.208 e. The van der Waals surface area contributed by atoms with E-state index in [4.69, 9.17) is 18.0 Å². The minimum Gasteiger partial charge on any atom is -0.387 e. The van der Waals surface area contributed by atoms with Gasteiger partial charge in [0.25, 0.3) is 0 Å². The summed E-state index contributed by atoms with van der Waals surface area (Å²) in [6.45, 7) is 0. The van der Waals surface area contributed by atoms with Crippen molar-refractivity contribution < 1.29 is 0 Å². The van der Waals surface area contributed by atoms with Crippen LogP contribution in [0.1, 0.15) is 5.82 Å². The lowest BCUT2D eigenvalue weighted by Gasteiger charge is -2.03. The zero-order valence-corrected chi connectivity index (χ0v) is 9.50. The second-order valence-corrected chi connectivity index (χ2v) is 3.86. The standard InChI is InChI=1S/C10H8N6S/c11-9(17)10-13-6-16(14-10)8-3-1-2-7-12-4-5-15(7)8/h1-6H,(H2,11,17). The highest BCUT2D eigenvalue weighted by Crippen LogP contribution is 2.09. The fourth-order valence-corrected chi connectivity index (χ4v) is 1.70. The second-order valence-electron chi connectivity index (χ2n) is 3.42. The third kappa shape index (κ3) is 1.56. The molecule has 0 aromatic carbocycles. The van der Waals surface area contributed by atoms with Crippen molar-refractivity contribution in [3.8, 4) is 5.82 Å². The predicted molar refractivity (Wildman–Crippen MR) is 66.0 cm³/mol. The van der Waals surface area contributed by atoms with Crippen molar-refractivity contribution >= 4 is 22.9 Å². The van der Waals surface area contributed by atoms with Gasteiger partial charge in [-0.1, -0.05) is 18.3 Å². The van der Waals surface area contributed by atoms with Crippen LogP contribution in [0.15, 0.2) is 36.9 Å². The summed E-state index contributed by atoms with van der Waals surface area (Å²) in [5, 5.41) is 4.20. The maximum atomic E-state index is 5.47. The topological polar surface area (TPSA) is 74.0 Å². The molecule has 0 bridgehead atoms. The number of nitrogens with zero attached hydrogens (tertiary/aromatic N) is 5. The van der Waals surface area contributed by atoms with Gasteiger partial charge in [0, 0.05) is 12.4 Å². The average Bonchev–Trinajstić information content (AvgIpc) is 2.97. The molecule has 17 heavy (non-hydrogen) atoms. The normalized spacial score (nSPS) is 10.8. The largest absolute Gasteiger partial charge is 0.387 e. The first-order valence-electron chi connectivity index (χ1n) is 4.89. The minimum absolute atomic E-state index is 0.182. The summed E-state index contributed by atoms with van der Waals surface area (Å²) in [6.07, 6.45) is 5.15. The maximum absolute atomic E-state index is 5.47. The molecule has 0 amide bonds. The van der Waals surface area contributed by atoms with Crippen LogP contribution < -0.4 is 5.73 Å². The van der Waals surface area contributed by atoms with Crippen LogP contribution in [0.5, 0.6) is 0 Å². The van der Waals surface area contributed by atoms with Gasteiger partial charge in [-0.15, -0.1) is 5.10 Å². The highest BCUT2D eigenvalue weighted by Gasteiger charge is 2.07. The van der Waals surface area contributed by atoms with Crippen LogP contribution >= 0.6 is 12.2 Å². The van der Waals surface area contributed by atoms with Gasteiger partial charge in [0.05, 0.1) is 0 Å². The lowest BCUT2D eigenvalue weighted by molar-refractivity contribution is 0.825. The monoisotopic (exact) mass is 244 g/mol. The molecule has 0 atom stereocenters. The molecular formula is C10H8N6S. The third-order valence-corrected chi connectivity index (χ3v) is 2.54. The van der Waals surface area contributed by atoms with E-state index in [0.717, 1.165) is 11.5 Å². The van der Waals surface area contributed by atoms with Gasteiger partial charge in [0.1, 0.15) is 22.8 Å². The van der Waals surface area contributed by atoms with Crippen molar-refractivity contribution in [2.24, 2.45) is 5.73 Å². The van der Waals surface area contributed by atoms with Gasteiger partial charge in [-0.2, -0.15) is 0 Å². The number of nitrogens with two attached hydrogens (primary N) is 1. The van der Waals surface area contributed by atoms with E-state index in [9.17, 15) is 0 Å². The summed E-state index contributed by atoms with van der Waals surface area (Å²) in [4.78, 5) is 8.41. The number of imidazole rings is 1. The van der Waals surface area contributed by atoms with E-state index < -0.39 is 0 Å². The van der Waals surface area contributed by atoms with Crippen LogP contribution in [-0.4, -0.2) is 29.1 Å². The van der Waals surface area contributed by atoms with Gasteiger partial charge in [0.15, 0.2) is 0 Å². The number of pyridine rings is 1. The molecule has 0 spiro atoms. The molecule has 3 rings (SSSR count). The van der Waals surface area contributed by atoms with Crippen LogP contribution in [-0.2, 0) is 0 Å². The van der Waals surface area contributed by atoms with E-state index in [1.54, 1.807) is 17.2 Å². The summed E-state index contributed by atoms with van der Waals surface area (Å²) < 4.78 is 3.52. The molecule has 0 fully saturated rings. The predicted octanol–water partition coefficient (Wildman–Crippen LogP) is 0.549. The van der Waals surface area contributed by atoms with Crippen molar-refractivity contribution in [2.75, 3.05) is 0 Å². The number of thiocarbonyl (C=S) groups is 1. The van der Waals surface area contributed by atoms with Crippen molar-refractivity contribution in [3.63, 3.8) is 0 Å². The Morgan fingerprint density at radius 2 is 2.18 bits per heavy atom. The van der Waals surface area contributed by atoms with Gasteiger partial charge in [-0.25, -0.2) is 14.6 Å². The Balaban J connectivity index is 2.19. The van der Waals surface area contributed by atoms with Crippen LogP contribution in [0.4, 0.5) is 0 Å². The van der Waals surface area contributed by atoms with Crippen molar-refractivity contribution in [3.05, 3.63) is 42.7 Å². The number of hydrogen-bond donors (Lipinski definition) is 1. The summed E-state index contributed by atoms with van der Waals surface area (Å²) in [6, 6.07) is 5.72. The van der Waals surface area contributed by atoms with Crippen LogP contribution in [0.2, 0.25) is 0 Å². The lowest BCUT2D eigenvalue weighted by Crippen LogP contribution is -2.12. The highest BCUT2D eigenvalue weighted by atomic mass is 32.1. The van der Waals surface area contributed by atoms with E-state index in [2.05, 4.69) is 15.1 Å². The van der Waals surface area contributed by atoms with Gasteiger partial charge in [-0.05, 0) is 12.1 Å². The quantitative estimate of drug-likeness (QED) is 0.666. The molecule has 3 aromatic heterocycles. The second kappa shape index (κ2) is 3.63. The lowest BCUT2D eigenvalue weighted by atomic mass is 10.4. The molecule has 0 saturated heterocycles. The third-order valence-electron chi connectivity index (χ3n) is 2.35. The van der Waals surface area contributed by atoms with Gasteiger partial charge in [-0.3, -0.25) is 4.40 Å². The minimum atomic E-state index is 0.182. The zero-order chi connectivity index (χ0) is 11.8. The number of rotatable bonds is 2. The van der Waals surface area contributed by atoms with E-state index in [0.29, 0.717) is 5.82 Å². The molecule has 3 heterocycles. The fourth-order valence-electron chi connectivity index (χ4n) is 1.61. The molecule has 7 heteroatoms. The molecule has 0 aliphatic carbocycles. The number of fused-ring (bicyclic) bond motifs is 1. The van der Waals surface area contributed by atoms with E-state index in [1.807, 2.05) is 28.8 Å². The molecule has 3 aromatic rings. The molecular weight excluding hydrogens is 236 g/mol. The van der Waals surface area contributed by atoms with Crippen molar-refractivity contribution in [1.29, 1.82) is 0 Å². The first-order valence-corrected chi connectivity index (χ1v) is 5.30. The summed E-state index contributed by atoms with van der Waals surface area (Å²) in [5.74, 6) is 1.19. The summed E-state index contributed by atoms with van der Waals surface area (Å²) in [7, 11) is 0. The highest BCUT2D eigenvalue weighted by molar-refractivity contribution is 7.80. The first kappa shape index (κ1) is 9.91. The summed E-state index contributed by atoms with van der Waals surface area (Å²) >= 11 is 4.82. The van der Waals surface area contributed by atoms with Crippen LogP contribution in [0.3, 0.4) is 0 Å². The fraction of sp³-hybridized carbons (Fsp3) is 0. The Morgan fingerprint density at radius 3 is 2.94 bits per heavy atom. The molecule has 6 nitrogen and oxygen atoms in total. The first-order chi connectivity index (χ1) is 8.25. The maximum Gasteiger partial charge on any atom is 0.208 e. The van der Waals surface area contributed by atoms with Gasteiger partial charge >= 0.3 is 0 Å². The Kier molecular flexibility index (Phi) is 2.12. The van der Waals surface area contributed by atoms with Crippen molar-refractivity contribution in [1.82, 2.24) is 24.1 Å². The van der Waals surface area contributed by atoms with E-state index >= 15 is 0 Å². The molecule has 0 saturated carbocycles. The van der Waals surface area contributed by atoms with E-state index in [1.165, 1.54) is 0 Å².